The molecule has 0 aliphatic carbocycles. The first-order valence-corrected chi connectivity index (χ1v) is 7.24. The number of carbonyl (C=O) groups excluding carboxylic acids is 2. The van der Waals surface area contributed by atoms with Crippen LogP contribution in [0.3, 0.4) is 0 Å². The van der Waals surface area contributed by atoms with E-state index in [4.69, 9.17) is 4.74 Å². The summed E-state index contributed by atoms with van der Waals surface area (Å²) in [5.74, 6) is 0.384. The summed E-state index contributed by atoms with van der Waals surface area (Å²) in [5, 5.41) is 4.64. The first-order chi connectivity index (χ1) is 9.69. The largest absolute Gasteiger partial charge is 0.482 e. The Bertz CT molecular complexity index is 690. The van der Waals surface area contributed by atoms with Gasteiger partial charge < -0.3 is 10.1 Å². The standard InChI is InChI=1S/C15H13NO3S/c1-2-9-5-6-20-15(9)14(18)10-3-4-12-11(7-10)16-13(17)8-19-12/h3-7H,2,8H2,1H3,(H,16,17). The number of aryl methyl sites for hydroxylation is 1. The SMILES string of the molecule is CCc1ccsc1C(=O)c1ccc2c(c1)NC(=O)CO2. The minimum atomic E-state index is -0.201. The number of ether oxygens (including phenoxy) is 1. The van der Waals surface area contributed by atoms with Crippen molar-refractivity contribution in [3.8, 4) is 5.75 Å². The molecule has 1 aromatic heterocycles. The fourth-order valence-electron chi connectivity index (χ4n) is 2.17. The van der Waals surface area contributed by atoms with Crippen molar-refractivity contribution in [1.29, 1.82) is 0 Å². The third kappa shape index (κ3) is 2.20. The molecule has 0 unspecified atom stereocenters. The van der Waals surface area contributed by atoms with E-state index in [0.29, 0.717) is 17.0 Å². The molecule has 1 N–H and O–H groups in total. The number of fused-ring (bicyclic) bond motifs is 1. The van der Waals surface area contributed by atoms with Crippen LogP contribution < -0.4 is 10.1 Å². The average Bonchev–Trinajstić information content (AvgIpc) is 2.94. The maximum absolute atomic E-state index is 12.5. The summed E-state index contributed by atoms with van der Waals surface area (Å²) in [6.07, 6.45) is 0.829. The summed E-state index contributed by atoms with van der Waals surface area (Å²) in [6.45, 7) is 2.05. The van der Waals surface area contributed by atoms with E-state index < -0.39 is 0 Å². The fraction of sp³-hybridized carbons (Fsp3) is 0.200. The molecule has 4 nitrogen and oxygen atoms in total. The number of amides is 1. The maximum Gasteiger partial charge on any atom is 0.262 e. The second kappa shape index (κ2) is 5.09. The van der Waals surface area contributed by atoms with E-state index in [1.54, 1.807) is 18.2 Å². The molecule has 0 atom stereocenters. The third-order valence-corrected chi connectivity index (χ3v) is 4.16. The van der Waals surface area contributed by atoms with E-state index in [0.717, 1.165) is 16.9 Å². The van der Waals surface area contributed by atoms with Crippen molar-refractivity contribution in [3.63, 3.8) is 0 Å². The number of ketones is 1. The van der Waals surface area contributed by atoms with E-state index in [-0.39, 0.29) is 18.3 Å². The van der Waals surface area contributed by atoms with Crippen molar-refractivity contribution in [2.45, 2.75) is 13.3 Å². The predicted molar refractivity (Wildman–Crippen MR) is 77.7 cm³/mol. The lowest BCUT2D eigenvalue weighted by Crippen LogP contribution is -2.25. The van der Waals surface area contributed by atoms with Crippen LogP contribution in [0.15, 0.2) is 29.6 Å². The Labute approximate surface area is 120 Å². The number of anilines is 1. The van der Waals surface area contributed by atoms with Crippen molar-refractivity contribution in [3.05, 3.63) is 45.6 Å². The summed E-state index contributed by atoms with van der Waals surface area (Å²) in [4.78, 5) is 24.6. The second-order valence-electron chi connectivity index (χ2n) is 4.51. The van der Waals surface area contributed by atoms with Crippen LogP contribution in [0.1, 0.15) is 27.7 Å². The van der Waals surface area contributed by atoms with E-state index in [1.807, 2.05) is 18.4 Å². The number of rotatable bonds is 3. The van der Waals surface area contributed by atoms with Gasteiger partial charge in [0, 0.05) is 5.56 Å². The molecule has 2 heterocycles. The Morgan fingerprint density at radius 1 is 1.40 bits per heavy atom. The van der Waals surface area contributed by atoms with Gasteiger partial charge >= 0.3 is 0 Å². The molecule has 1 aromatic carbocycles. The smallest absolute Gasteiger partial charge is 0.262 e. The first-order valence-electron chi connectivity index (χ1n) is 6.37. The van der Waals surface area contributed by atoms with Gasteiger partial charge in [-0.15, -0.1) is 11.3 Å². The van der Waals surface area contributed by atoms with Gasteiger partial charge in [-0.1, -0.05) is 6.92 Å². The molecule has 3 rings (SSSR count). The van der Waals surface area contributed by atoms with Gasteiger partial charge in [0.2, 0.25) is 5.78 Å². The minimum Gasteiger partial charge on any atom is -0.482 e. The van der Waals surface area contributed by atoms with Crippen LogP contribution in [0.25, 0.3) is 0 Å². The number of carbonyl (C=O) groups is 2. The molecule has 102 valence electrons. The lowest BCUT2D eigenvalue weighted by Gasteiger charge is -2.18. The molecule has 0 saturated carbocycles. The molecule has 0 fully saturated rings. The zero-order valence-electron chi connectivity index (χ0n) is 10.9. The number of hydrogen-bond donors (Lipinski definition) is 1. The fourth-order valence-corrected chi connectivity index (χ4v) is 3.13. The topological polar surface area (TPSA) is 55.4 Å². The molecule has 2 aromatic rings. The molecule has 0 radical (unpaired) electrons. The van der Waals surface area contributed by atoms with Crippen LogP contribution in [0.2, 0.25) is 0 Å². The summed E-state index contributed by atoms with van der Waals surface area (Å²) >= 11 is 1.45. The quantitative estimate of drug-likeness (QED) is 0.883. The molecular formula is C15H13NO3S. The molecule has 0 bridgehead atoms. The molecule has 20 heavy (non-hydrogen) atoms. The van der Waals surface area contributed by atoms with E-state index in [9.17, 15) is 9.59 Å². The van der Waals surface area contributed by atoms with Gasteiger partial charge in [0.05, 0.1) is 10.6 Å². The Balaban J connectivity index is 1.97. The van der Waals surface area contributed by atoms with Gasteiger partial charge in [-0.2, -0.15) is 0 Å². The van der Waals surface area contributed by atoms with E-state index in [2.05, 4.69) is 5.32 Å². The number of nitrogens with one attached hydrogen (secondary N) is 1. The average molecular weight is 287 g/mol. The molecule has 1 amide bonds. The zero-order valence-corrected chi connectivity index (χ0v) is 11.8. The predicted octanol–water partition coefficient (Wildman–Crippen LogP) is 2.87. The zero-order chi connectivity index (χ0) is 14.1. The molecular weight excluding hydrogens is 274 g/mol. The van der Waals surface area contributed by atoms with Gasteiger partial charge in [-0.25, -0.2) is 0 Å². The first kappa shape index (κ1) is 12.9. The van der Waals surface area contributed by atoms with Gasteiger partial charge in [-0.3, -0.25) is 9.59 Å². The van der Waals surface area contributed by atoms with Crippen molar-refractivity contribution < 1.29 is 14.3 Å². The highest BCUT2D eigenvalue weighted by molar-refractivity contribution is 7.12. The maximum atomic E-state index is 12.5. The lowest BCUT2D eigenvalue weighted by atomic mass is 10.0. The number of benzene rings is 1. The highest BCUT2D eigenvalue weighted by Gasteiger charge is 2.20. The number of hydrogen-bond acceptors (Lipinski definition) is 4. The van der Waals surface area contributed by atoms with Crippen LogP contribution in [0.5, 0.6) is 5.75 Å². The molecule has 5 heteroatoms. The normalized spacial score (nSPS) is 13.3. The Kier molecular flexibility index (Phi) is 3.28. The molecule has 0 saturated heterocycles. The second-order valence-corrected chi connectivity index (χ2v) is 5.42. The van der Waals surface area contributed by atoms with Crippen LogP contribution in [-0.2, 0) is 11.2 Å². The van der Waals surface area contributed by atoms with Gasteiger partial charge in [0.1, 0.15) is 5.75 Å². The summed E-state index contributed by atoms with van der Waals surface area (Å²) < 4.78 is 5.29. The Morgan fingerprint density at radius 3 is 3.05 bits per heavy atom. The Morgan fingerprint density at radius 2 is 2.25 bits per heavy atom. The van der Waals surface area contributed by atoms with Gasteiger partial charge in [0.15, 0.2) is 6.61 Å². The van der Waals surface area contributed by atoms with Crippen molar-refractivity contribution in [1.82, 2.24) is 0 Å². The van der Waals surface area contributed by atoms with E-state index >= 15 is 0 Å². The highest BCUT2D eigenvalue weighted by Crippen LogP contribution is 2.30. The van der Waals surface area contributed by atoms with Crippen molar-refractivity contribution in [2.75, 3.05) is 11.9 Å². The summed E-state index contributed by atoms with van der Waals surface area (Å²) in [5.41, 5.74) is 2.17. The summed E-state index contributed by atoms with van der Waals surface area (Å²) in [6, 6.07) is 7.11. The van der Waals surface area contributed by atoms with Crippen LogP contribution in [-0.4, -0.2) is 18.3 Å². The minimum absolute atomic E-state index is 0.0144. The van der Waals surface area contributed by atoms with E-state index in [1.165, 1.54) is 11.3 Å². The third-order valence-electron chi connectivity index (χ3n) is 3.21. The molecule has 0 spiro atoms. The van der Waals surface area contributed by atoms with Crippen LogP contribution in [0, 0.1) is 0 Å². The van der Waals surface area contributed by atoms with Crippen molar-refractivity contribution >= 4 is 28.7 Å². The molecule has 1 aliphatic rings. The van der Waals surface area contributed by atoms with Gasteiger partial charge in [0.25, 0.3) is 5.91 Å². The van der Waals surface area contributed by atoms with Crippen molar-refractivity contribution in [2.24, 2.45) is 0 Å². The summed E-state index contributed by atoms with van der Waals surface area (Å²) in [7, 11) is 0. The van der Waals surface area contributed by atoms with Crippen LogP contribution >= 0.6 is 11.3 Å². The Hall–Kier alpha value is -2.14. The highest BCUT2D eigenvalue weighted by atomic mass is 32.1. The lowest BCUT2D eigenvalue weighted by molar-refractivity contribution is -0.118. The molecule has 1 aliphatic heterocycles. The van der Waals surface area contributed by atoms with Gasteiger partial charge in [-0.05, 0) is 41.6 Å². The monoisotopic (exact) mass is 287 g/mol. The number of thiophene rings is 1. The van der Waals surface area contributed by atoms with Crippen LogP contribution in [0.4, 0.5) is 5.69 Å².